The topological polar surface area (TPSA) is 54.0 Å². The minimum Gasteiger partial charge on any atom is -0.496 e. The van der Waals surface area contributed by atoms with Crippen molar-refractivity contribution in [2.45, 2.75) is 13.0 Å². The summed E-state index contributed by atoms with van der Waals surface area (Å²) in [6.45, 7) is 5.02. The number of rotatable bonds is 8. The van der Waals surface area contributed by atoms with Crippen molar-refractivity contribution in [3.05, 3.63) is 54.1 Å². The SMILES string of the molecule is COc1ccccc1CNC(=O)CCN1CCN(c2ccccc2OC)CC1. The van der Waals surface area contributed by atoms with Gasteiger partial charge in [0, 0.05) is 51.3 Å². The molecule has 1 heterocycles. The predicted octanol–water partition coefficient (Wildman–Crippen LogP) is 2.53. The van der Waals surface area contributed by atoms with E-state index in [4.69, 9.17) is 9.47 Å². The van der Waals surface area contributed by atoms with E-state index in [1.54, 1.807) is 14.2 Å². The number of methoxy groups -OCH3 is 2. The highest BCUT2D eigenvalue weighted by atomic mass is 16.5. The van der Waals surface area contributed by atoms with E-state index in [0.717, 1.165) is 55.5 Å². The number of piperazine rings is 1. The molecular formula is C22H29N3O3. The maximum absolute atomic E-state index is 12.2. The Morgan fingerprint density at radius 1 is 0.929 bits per heavy atom. The first-order chi connectivity index (χ1) is 13.7. The molecule has 0 saturated carbocycles. The van der Waals surface area contributed by atoms with Crippen LogP contribution >= 0.6 is 0 Å². The zero-order valence-corrected chi connectivity index (χ0v) is 16.7. The number of hydrogen-bond acceptors (Lipinski definition) is 5. The average molecular weight is 383 g/mol. The summed E-state index contributed by atoms with van der Waals surface area (Å²) in [7, 11) is 3.35. The minimum absolute atomic E-state index is 0.0677. The largest absolute Gasteiger partial charge is 0.496 e. The van der Waals surface area contributed by atoms with Crippen LogP contribution in [0.4, 0.5) is 5.69 Å². The minimum atomic E-state index is 0.0677. The van der Waals surface area contributed by atoms with E-state index in [1.165, 1.54) is 0 Å². The number of carbonyl (C=O) groups is 1. The summed E-state index contributed by atoms with van der Waals surface area (Å²) in [6.07, 6.45) is 0.504. The lowest BCUT2D eigenvalue weighted by Crippen LogP contribution is -2.47. The molecule has 0 bridgehead atoms. The number of anilines is 1. The van der Waals surface area contributed by atoms with Crippen LogP contribution in [-0.4, -0.2) is 57.8 Å². The lowest BCUT2D eigenvalue weighted by atomic mass is 10.2. The Labute approximate surface area is 167 Å². The molecule has 0 aliphatic carbocycles. The maximum atomic E-state index is 12.2. The van der Waals surface area contributed by atoms with Gasteiger partial charge in [-0.25, -0.2) is 0 Å². The van der Waals surface area contributed by atoms with E-state index < -0.39 is 0 Å². The van der Waals surface area contributed by atoms with E-state index in [-0.39, 0.29) is 5.91 Å². The van der Waals surface area contributed by atoms with Crippen LogP contribution in [0.25, 0.3) is 0 Å². The Morgan fingerprint density at radius 2 is 1.57 bits per heavy atom. The second-order valence-corrected chi connectivity index (χ2v) is 6.84. The molecular weight excluding hydrogens is 354 g/mol. The van der Waals surface area contributed by atoms with Crippen molar-refractivity contribution in [1.82, 2.24) is 10.2 Å². The molecule has 1 fully saturated rings. The number of nitrogens with one attached hydrogen (secondary N) is 1. The third kappa shape index (κ3) is 5.16. The number of ether oxygens (including phenoxy) is 2. The number of carbonyl (C=O) groups excluding carboxylic acids is 1. The summed E-state index contributed by atoms with van der Waals surface area (Å²) in [4.78, 5) is 16.9. The summed E-state index contributed by atoms with van der Waals surface area (Å²) < 4.78 is 10.8. The molecule has 2 aromatic rings. The summed E-state index contributed by atoms with van der Waals surface area (Å²) in [5.41, 5.74) is 2.13. The van der Waals surface area contributed by atoms with Gasteiger partial charge in [0.2, 0.25) is 5.91 Å². The molecule has 1 saturated heterocycles. The highest BCUT2D eigenvalue weighted by molar-refractivity contribution is 5.76. The van der Waals surface area contributed by atoms with E-state index >= 15 is 0 Å². The van der Waals surface area contributed by atoms with Gasteiger partial charge in [-0.3, -0.25) is 9.69 Å². The first-order valence-corrected chi connectivity index (χ1v) is 9.70. The molecule has 1 amide bonds. The third-order valence-corrected chi connectivity index (χ3v) is 5.12. The van der Waals surface area contributed by atoms with Gasteiger partial charge in [-0.1, -0.05) is 30.3 Å². The van der Waals surface area contributed by atoms with Crippen molar-refractivity contribution in [2.24, 2.45) is 0 Å². The molecule has 0 aromatic heterocycles. The fraction of sp³-hybridized carbons (Fsp3) is 0.409. The fourth-order valence-corrected chi connectivity index (χ4v) is 3.49. The van der Waals surface area contributed by atoms with Gasteiger partial charge in [0.25, 0.3) is 0 Å². The summed E-state index contributed by atoms with van der Waals surface area (Å²) in [6, 6.07) is 15.9. The molecule has 2 aromatic carbocycles. The molecule has 6 heteroatoms. The summed E-state index contributed by atoms with van der Waals surface area (Å²) >= 11 is 0. The highest BCUT2D eigenvalue weighted by Gasteiger charge is 2.19. The molecule has 28 heavy (non-hydrogen) atoms. The van der Waals surface area contributed by atoms with Crippen LogP contribution in [0, 0.1) is 0 Å². The van der Waals surface area contributed by atoms with Crippen LogP contribution in [0.3, 0.4) is 0 Å². The van der Waals surface area contributed by atoms with Gasteiger partial charge >= 0.3 is 0 Å². The second-order valence-electron chi connectivity index (χ2n) is 6.84. The predicted molar refractivity (Wildman–Crippen MR) is 111 cm³/mol. The van der Waals surface area contributed by atoms with Crippen LogP contribution in [0.5, 0.6) is 11.5 Å². The smallest absolute Gasteiger partial charge is 0.221 e. The van der Waals surface area contributed by atoms with Crippen molar-refractivity contribution in [3.8, 4) is 11.5 Å². The van der Waals surface area contributed by atoms with Gasteiger partial charge in [-0.2, -0.15) is 0 Å². The lowest BCUT2D eigenvalue weighted by molar-refractivity contribution is -0.121. The molecule has 150 valence electrons. The lowest BCUT2D eigenvalue weighted by Gasteiger charge is -2.36. The molecule has 6 nitrogen and oxygen atoms in total. The highest BCUT2D eigenvalue weighted by Crippen LogP contribution is 2.28. The van der Waals surface area contributed by atoms with Gasteiger partial charge in [-0.15, -0.1) is 0 Å². The summed E-state index contributed by atoms with van der Waals surface area (Å²) in [5, 5.41) is 2.99. The van der Waals surface area contributed by atoms with Crippen LogP contribution in [-0.2, 0) is 11.3 Å². The van der Waals surface area contributed by atoms with Gasteiger partial charge in [0.15, 0.2) is 0 Å². The van der Waals surface area contributed by atoms with E-state index in [2.05, 4.69) is 21.2 Å². The summed E-state index contributed by atoms with van der Waals surface area (Å²) in [5.74, 6) is 1.78. The number of nitrogens with zero attached hydrogens (tertiary/aromatic N) is 2. The van der Waals surface area contributed by atoms with E-state index in [1.807, 2.05) is 42.5 Å². The zero-order chi connectivity index (χ0) is 19.8. The molecule has 0 unspecified atom stereocenters. The Hall–Kier alpha value is -2.73. The first kappa shape index (κ1) is 20.0. The van der Waals surface area contributed by atoms with Crippen LogP contribution in [0.2, 0.25) is 0 Å². The van der Waals surface area contributed by atoms with Crippen LogP contribution < -0.4 is 19.7 Å². The third-order valence-electron chi connectivity index (χ3n) is 5.12. The van der Waals surface area contributed by atoms with Gasteiger partial charge in [0.05, 0.1) is 19.9 Å². The number of para-hydroxylation sites is 3. The molecule has 0 spiro atoms. The van der Waals surface area contributed by atoms with Crippen LogP contribution in [0.1, 0.15) is 12.0 Å². The van der Waals surface area contributed by atoms with E-state index in [9.17, 15) is 4.79 Å². The normalized spacial score (nSPS) is 14.6. The Bertz CT molecular complexity index is 773. The number of amides is 1. The Kier molecular flexibility index (Phi) is 7.14. The monoisotopic (exact) mass is 383 g/mol. The molecule has 3 rings (SSSR count). The molecule has 0 radical (unpaired) electrons. The zero-order valence-electron chi connectivity index (χ0n) is 16.7. The maximum Gasteiger partial charge on any atom is 0.221 e. The first-order valence-electron chi connectivity index (χ1n) is 9.70. The quantitative estimate of drug-likeness (QED) is 0.759. The molecule has 1 aliphatic heterocycles. The van der Waals surface area contributed by atoms with Crippen molar-refractivity contribution in [3.63, 3.8) is 0 Å². The number of benzene rings is 2. The number of hydrogen-bond donors (Lipinski definition) is 1. The Balaban J connectivity index is 1.41. The van der Waals surface area contributed by atoms with Crippen molar-refractivity contribution < 1.29 is 14.3 Å². The second kappa shape index (κ2) is 9.99. The van der Waals surface area contributed by atoms with Gasteiger partial charge in [0.1, 0.15) is 11.5 Å². The molecule has 1 N–H and O–H groups in total. The van der Waals surface area contributed by atoms with Gasteiger partial charge in [-0.05, 0) is 18.2 Å². The fourth-order valence-electron chi connectivity index (χ4n) is 3.49. The average Bonchev–Trinajstić information content (AvgIpc) is 2.76. The van der Waals surface area contributed by atoms with Crippen molar-refractivity contribution in [2.75, 3.05) is 51.8 Å². The standard InChI is InChI=1S/C22H29N3O3/c1-27-20-9-5-3-7-18(20)17-23-22(26)11-12-24-13-15-25(16-14-24)19-8-4-6-10-21(19)28-2/h3-10H,11-17H2,1-2H3,(H,23,26). The van der Waals surface area contributed by atoms with Crippen molar-refractivity contribution >= 4 is 11.6 Å². The van der Waals surface area contributed by atoms with Gasteiger partial charge < -0.3 is 19.7 Å². The van der Waals surface area contributed by atoms with Crippen LogP contribution in [0.15, 0.2) is 48.5 Å². The molecule has 1 aliphatic rings. The Morgan fingerprint density at radius 3 is 2.29 bits per heavy atom. The van der Waals surface area contributed by atoms with E-state index in [0.29, 0.717) is 13.0 Å². The molecule has 0 atom stereocenters. The van der Waals surface area contributed by atoms with Crippen molar-refractivity contribution in [1.29, 1.82) is 0 Å².